The Morgan fingerprint density at radius 2 is 1.93 bits per heavy atom. The summed E-state index contributed by atoms with van der Waals surface area (Å²) in [5, 5.41) is 11.4. The first-order valence-corrected chi connectivity index (χ1v) is 5.35. The van der Waals surface area contributed by atoms with Gasteiger partial charge >= 0.3 is 5.97 Å². The second kappa shape index (κ2) is 7.26. The van der Waals surface area contributed by atoms with Crippen molar-refractivity contribution < 1.29 is 14.7 Å². The first-order chi connectivity index (χ1) is 6.97. The van der Waals surface area contributed by atoms with Crippen LogP contribution in [0.4, 0.5) is 0 Å². The fourth-order valence-corrected chi connectivity index (χ4v) is 1.17. The van der Waals surface area contributed by atoms with Crippen molar-refractivity contribution >= 4 is 12.2 Å². The number of carbonyl (C=O) groups excluding carboxylic acids is 1. The van der Waals surface area contributed by atoms with Crippen LogP contribution in [0.2, 0.25) is 0 Å². The van der Waals surface area contributed by atoms with Crippen LogP contribution in [-0.4, -0.2) is 23.5 Å². The van der Waals surface area contributed by atoms with E-state index in [0.29, 0.717) is 12.3 Å². The third-order valence-corrected chi connectivity index (χ3v) is 1.96. The highest BCUT2D eigenvalue weighted by atomic mass is 16.5. The summed E-state index contributed by atoms with van der Waals surface area (Å²) in [7, 11) is 0. The van der Waals surface area contributed by atoms with Crippen molar-refractivity contribution in [2.45, 2.75) is 46.6 Å². The van der Waals surface area contributed by atoms with Crippen molar-refractivity contribution in [2.75, 3.05) is 0 Å². The van der Waals surface area contributed by atoms with Gasteiger partial charge in [0.05, 0.1) is 18.2 Å². The molecule has 0 saturated carbocycles. The number of carbonyl (C=O) groups is 1. The smallest absolute Gasteiger partial charge is 0.314 e. The number of rotatable bonds is 6. The average Bonchev–Trinajstić information content (AvgIpc) is 2.10. The Bertz CT molecular complexity index is 212. The molecule has 1 unspecified atom stereocenters. The van der Waals surface area contributed by atoms with E-state index in [9.17, 15) is 4.79 Å². The Kier molecular flexibility index (Phi) is 6.75. The topological polar surface area (TPSA) is 58.9 Å². The summed E-state index contributed by atoms with van der Waals surface area (Å²) < 4.78 is 5.06. The average molecular weight is 215 g/mol. The molecular formula is C11H21NO3. The summed E-state index contributed by atoms with van der Waals surface area (Å²) in [5.74, 6) is -0.227. The van der Waals surface area contributed by atoms with Crippen LogP contribution in [0.15, 0.2) is 5.16 Å². The normalized spacial score (nSPS) is 13.7. The van der Waals surface area contributed by atoms with Crippen molar-refractivity contribution in [1.82, 2.24) is 0 Å². The highest BCUT2D eigenvalue weighted by Crippen LogP contribution is 2.13. The molecule has 15 heavy (non-hydrogen) atoms. The Hall–Kier alpha value is -1.06. The molecule has 4 nitrogen and oxygen atoms in total. The van der Waals surface area contributed by atoms with E-state index in [1.165, 1.54) is 6.21 Å². The van der Waals surface area contributed by atoms with Gasteiger partial charge in [-0.2, -0.15) is 0 Å². The monoisotopic (exact) mass is 215 g/mol. The lowest BCUT2D eigenvalue weighted by Gasteiger charge is -2.14. The molecule has 0 aliphatic rings. The highest BCUT2D eigenvalue weighted by molar-refractivity contribution is 5.89. The van der Waals surface area contributed by atoms with E-state index in [-0.39, 0.29) is 12.1 Å². The number of hydrogen-bond acceptors (Lipinski definition) is 4. The summed E-state index contributed by atoms with van der Waals surface area (Å²) in [6, 6.07) is 0. The van der Waals surface area contributed by atoms with Crippen molar-refractivity contribution in [3.05, 3.63) is 0 Å². The lowest BCUT2D eigenvalue weighted by atomic mass is 9.99. The maximum Gasteiger partial charge on any atom is 0.314 e. The van der Waals surface area contributed by atoms with Gasteiger partial charge < -0.3 is 9.94 Å². The fourth-order valence-electron chi connectivity index (χ4n) is 1.17. The Morgan fingerprint density at radius 1 is 1.33 bits per heavy atom. The third kappa shape index (κ3) is 6.94. The minimum absolute atomic E-state index is 0.133. The van der Waals surface area contributed by atoms with Crippen LogP contribution in [0.1, 0.15) is 40.5 Å². The molecule has 0 amide bonds. The van der Waals surface area contributed by atoms with Crippen LogP contribution in [0.3, 0.4) is 0 Å². The number of esters is 1. The SMILES string of the molecule is CC(C)CCC(/C=N\O)C(=O)OC(C)C. The van der Waals surface area contributed by atoms with Gasteiger partial charge in [0.25, 0.3) is 0 Å². The van der Waals surface area contributed by atoms with Gasteiger partial charge in [0.2, 0.25) is 0 Å². The zero-order chi connectivity index (χ0) is 11.8. The van der Waals surface area contributed by atoms with Crippen LogP contribution >= 0.6 is 0 Å². The molecule has 0 aliphatic heterocycles. The van der Waals surface area contributed by atoms with Gasteiger partial charge in [-0.25, -0.2) is 0 Å². The highest BCUT2D eigenvalue weighted by Gasteiger charge is 2.19. The Morgan fingerprint density at radius 3 is 2.33 bits per heavy atom. The van der Waals surface area contributed by atoms with Gasteiger partial charge in [-0.05, 0) is 32.6 Å². The number of hydrogen-bond donors (Lipinski definition) is 1. The van der Waals surface area contributed by atoms with Gasteiger partial charge in [0.1, 0.15) is 0 Å². The van der Waals surface area contributed by atoms with Crippen LogP contribution in [0, 0.1) is 11.8 Å². The van der Waals surface area contributed by atoms with Gasteiger partial charge in [0.15, 0.2) is 0 Å². The molecule has 1 N–H and O–H groups in total. The van der Waals surface area contributed by atoms with Crippen molar-refractivity contribution in [2.24, 2.45) is 17.0 Å². The third-order valence-electron chi connectivity index (χ3n) is 1.96. The zero-order valence-electron chi connectivity index (χ0n) is 9.93. The van der Waals surface area contributed by atoms with Crippen LogP contribution in [0.25, 0.3) is 0 Å². The predicted molar refractivity (Wildman–Crippen MR) is 59.1 cm³/mol. The standard InChI is InChI=1S/C11H21NO3/c1-8(2)5-6-10(7-12-14)11(13)15-9(3)4/h7-10,14H,5-6H2,1-4H3/b12-7-. The molecule has 0 aromatic rings. The molecule has 0 saturated heterocycles. The first kappa shape index (κ1) is 13.9. The molecule has 0 fully saturated rings. The van der Waals surface area contributed by atoms with Gasteiger partial charge in [-0.15, -0.1) is 5.16 Å². The number of ether oxygens (including phenoxy) is 1. The minimum Gasteiger partial charge on any atom is -0.462 e. The van der Waals surface area contributed by atoms with Gasteiger partial charge in [-0.1, -0.05) is 13.8 Å². The second-order valence-electron chi connectivity index (χ2n) is 4.33. The molecule has 0 bridgehead atoms. The van der Waals surface area contributed by atoms with E-state index in [2.05, 4.69) is 19.0 Å². The van der Waals surface area contributed by atoms with Crippen LogP contribution in [-0.2, 0) is 9.53 Å². The Labute approximate surface area is 91.3 Å². The van der Waals surface area contributed by atoms with E-state index in [1.54, 1.807) is 13.8 Å². The molecule has 0 rings (SSSR count). The first-order valence-electron chi connectivity index (χ1n) is 5.35. The lowest BCUT2D eigenvalue weighted by molar-refractivity contribution is -0.150. The molecule has 1 atom stereocenters. The summed E-state index contributed by atoms with van der Waals surface area (Å²) in [5.41, 5.74) is 0. The molecule has 0 spiro atoms. The lowest BCUT2D eigenvalue weighted by Crippen LogP contribution is -2.22. The van der Waals surface area contributed by atoms with Crippen molar-refractivity contribution in [3.63, 3.8) is 0 Å². The van der Waals surface area contributed by atoms with E-state index in [4.69, 9.17) is 9.94 Å². The maximum atomic E-state index is 11.5. The predicted octanol–water partition coefficient (Wildman–Crippen LogP) is 2.45. The fraction of sp³-hybridized carbons (Fsp3) is 0.818. The quantitative estimate of drug-likeness (QED) is 0.320. The summed E-state index contributed by atoms with van der Waals surface area (Å²) in [6.45, 7) is 7.77. The zero-order valence-corrected chi connectivity index (χ0v) is 9.93. The van der Waals surface area contributed by atoms with Gasteiger partial charge in [0, 0.05) is 0 Å². The van der Waals surface area contributed by atoms with E-state index >= 15 is 0 Å². The van der Waals surface area contributed by atoms with Gasteiger partial charge in [-0.3, -0.25) is 4.79 Å². The van der Waals surface area contributed by atoms with Crippen LogP contribution < -0.4 is 0 Å². The molecule has 0 aliphatic carbocycles. The molecule has 88 valence electrons. The minimum atomic E-state index is -0.431. The largest absolute Gasteiger partial charge is 0.462 e. The van der Waals surface area contributed by atoms with E-state index < -0.39 is 5.92 Å². The molecular weight excluding hydrogens is 194 g/mol. The van der Waals surface area contributed by atoms with Crippen LogP contribution in [0.5, 0.6) is 0 Å². The van der Waals surface area contributed by atoms with E-state index in [1.807, 2.05) is 0 Å². The molecule has 0 aromatic carbocycles. The number of oxime groups is 1. The summed E-state index contributed by atoms with van der Waals surface area (Å²) >= 11 is 0. The number of nitrogens with zero attached hydrogens (tertiary/aromatic N) is 1. The summed E-state index contributed by atoms with van der Waals surface area (Å²) in [6.07, 6.45) is 2.68. The molecule has 0 heterocycles. The maximum absolute atomic E-state index is 11.5. The van der Waals surface area contributed by atoms with E-state index in [0.717, 1.165) is 6.42 Å². The Balaban J connectivity index is 4.19. The molecule has 0 aromatic heterocycles. The summed E-state index contributed by atoms with van der Waals surface area (Å²) in [4.78, 5) is 11.5. The van der Waals surface area contributed by atoms with Crippen molar-refractivity contribution in [3.8, 4) is 0 Å². The van der Waals surface area contributed by atoms with Crippen molar-refractivity contribution in [1.29, 1.82) is 0 Å². The molecule has 4 heteroatoms. The molecule has 0 radical (unpaired) electrons. The second-order valence-corrected chi connectivity index (χ2v) is 4.33.